The number of likely N-dealkylation sites (N-methyl/N-ethyl adjacent to an activating group) is 2. The molecule has 3 heterocycles. The van der Waals surface area contributed by atoms with E-state index in [1.807, 2.05) is 14.1 Å². The van der Waals surface area contributed by atoms with Gasteiger partial charge in [0, 0.05) is 25.5 Å². The molecule has 0 aliphatic carbocycles. The lowest BCUT2D eigenvalue weighted by molar-refractivity contribution is -0.910. The summed E-state index contributed by atoms with van der Waals surface area (Å²) in [5.74, 6) is 0. The zero-order chi connectivity index (χ0) is 44.1. The van der Waals surface area contributed by atoms with Gasteiger partial charge in [-0.05, 0) is 0 Å². The summed E-state index contributed by atoms with van der Waals surface area (Å²) in [6.45, 7) is 0.183. The van der Waals surface area contributed by atoms with Crippen LogP contribution in [0.3, 0.4) is 0 Å². The first-order valence-corrected chi connectivity index (χ1v) is 25.1. The minimum Gasteiger partial charge on any atom is -0.756 e. The largest absolute Gasteiger partial charge is 0.756 e. The monoisotopic (exact) mass is 962 g/mol. The smallest absolute Gasteiger partial charge is 0.475 e. The van der Waals surface area contributed by atoms with E-state index in [-0.39, 0.29) is 59.5 Å². The second-order valence-corrected chi connectivity index (χ2v) is 20.7. The van der Waals surface area contributed by atoms with E-state index in [1.165, 1.54) is 7.11 Å². The Morgan fingerprint density at radius 2 is 0.982 bits per heavy atom. The molecule has 5 N–H and O–H groups in total. The van der Waals surface area contributed by atoms with Gasteiger partial charge in [0.25, 0.3) is 15.6 Å². The maximum atomic E-state index is 11.0. The number of quaternary nitrogens is 2. The fourth-order valence-electron chi connectivity index (χ4n) is 3.55. The van der Waals surface area contributed by atoms with Crippen molar-refractivity contribution in [3.8, 4) is 0 Å². The zero-order valence-corrected chi connectivity index (χ0v) is 37.9. The van der Waals surface area contributed by atoms with Crippen LogP contribution < -0.4 is 9.79 Å². The Labute approximate surface area is 337 Å². The van der Waals surface area contributed by atoms with Gasteiger partial charge in [-0.3, -0.25) is 45.3 Å². The lowest BCUT2D eigenvalue weighted by Gasteiger charge is -2.34. The van der Waals surface area contributed by atoms with Crippen LogP contribution in [0.5, 0.6) is 0 Å². The SMILES string of the molecule is COP(=O)([O-])OCC[N+](C)(CCO)CCO.COP1(=O)OCCO1.C[N+](C)(CCO)CCOP(=O)([O-])OCCO.O=P1(Cl)OCCO1.O=P1(OCCO)OCCO1. The Morgan fingerprint density at radius 3 is 1.35 bits per heavy atom. The normalized spacial score (nSPS) is 20.2. The molecular formula is C25H60ClN2O24P5. The number of rotatable bonds is 22. The summed E-state index contributed by atoms with van der Waals surface area (Å²) in [6.07, 6.45) is 0. The second kappa shape index (κ2) is 31.4. The van der Waals surface area contributed by atoms with Crippen LogP contribution in [0.25, 0.3) is 0 Å². The van der Waals surface area contributed by atoms with Crippen molar-refractivity contribution in [3.63, 3.8) is 0 Å². The molecule has 3 rings (SSSR count). The minimum absolute atomic E-state index is 0.0147. The van der Waals surface area contributed by atoms with E-state index in [0.717, 1.165) is 7.11 Å². The molecule has 0 radical (unpaired) electrons. The van der Waals surface area contributed by atoms with Gasteiger partial charge in [-0.2, -0.15) is 0 Å². The fraction of sp³-hybridized carbons (Fsp3) is 1.00. The third-order valence-corrected chi connectivity index (χ3v) is 13.1. The summed E-state index contributed by atoms with van der Waals surface area (Å²) < 4.78 is 109. The highest BCUT2D eigenvalue weighted by molar-refractivity contribution is 7.81. The molecule has 3 aliphatic rings. The first-order chi connectivity index (χ1) is 26.5. The molecule has 0 aromatic carbocycles. The number of nitrogens with zero attached hydrogens (tertiary/aromatic N) is 2. The van der Waals surface area contributed by atoms with Gasteiger partial charge in [0.05, 0.1) is 107 Å². The van der Waals surface area contributed by atoms with Gasteiger partial charge in [-0.15, -0.1) is 0 Å². The molecule has 0 spiro atoms. The van der Waals surface area contributed by atoms with Gasteiger partial charge >= 0.3 is 22.6 Å². The summed E-state index contributed by atoms with van der Waals surface area (Å²) >= 11 is 5.08. The van der Waals surface area contributed by atoms with Gasteiger partial charge in [0.1, 0.15) is 45.9 Å². The van der Waals surface area contributed by atoms with Crippen molar-refractivity contribution in [1.82, 2.24) is 0 Å². The molecule has 0 amide bonds. The van der Waals surface area contributed by atoms with E-state index < -0.39 is 38.2 Å². The van der Waals surface area contributed by atoms with E-state index in [9.17, 15) is 32.6 Å². The van der Waals surface area contributed by atoms with E-state index in [0.29, 0.717) is 81.3 Å². The average molecular weight is 963 g/mol. The van der Waals surface area contributed by atoms with Crippen molar-refractivity contribution in [2.75, 3.05) is 167 Å². The number of aliphatic hydroxyl groups excluding tert-OH is 5. The van der Waals surface area contributed by atoms with Crippen LogP contribution in [-0.4, -0.2) is 202 Å². The third kappa shape index (κ3) is 32.9. The predicted octanol–water partition coefficient (Wildman–Crippen LogP) is -0.584. The van der Waals surface area contributed by atoms with Crippen LogP contribution in [0.2, 0.25) is 0 Å². The van der Waals surface area contributed by atoms with Gasteiger partial charge in [0.15, 0.2) is 0 Å². The highest BCUT2D eigenvalue weighted by Gasteiger charge is 2.32. The molecule has 0 saturated carbocycles. The van der Waals surface area contributed by atoms with E-state index in [1.54, 1.807) is 7.05 Å². The lowest BCUT2D eigenvalue weighted by Crippen LogP contribution is -2.50. The van der Waals surface area contributed by atoms with Gasteiger partial charge in [-0.1, -0.05) is 0 Å². The summed E-state index contributed by atoms with van der Waals surface area (Å²) in [5.41, 5.74) is 0. The molecule has 57 heavy (non-hydrogen) atoms. The molecule has 3 fully saturated rings. The Hall–Kier alpha value is 0.600. The Morgan fingerprint density at radius 1 is 0.579 bits per heavy atom. The van der Waals surface area contributed by atoms with Gasteiger partial charge in [0.2, 0.25) is 0 Å². The van der Waals surface area contributed by atoms with E-state index in [4.69, 9.17) is 36.8 Å². The molecule has 0 aromatic rings. The number of aliphatic hydroxyl groups is 5. The zero-order valence-electron chi connectivity index (χ0n) is 32.6. The summed E-state index contributed by atoms with van der Waals surface area (Å²) in [4.78, 5) is 21.9. The molecule has 32 heteroatoms. The van der Waals surface area contributed by atoms with Crippen LogP contribution in [0, 0.1) is 0 Å². The van der Waals surface area contributed by atoms with Crippen LogP contribution in [0.1, 0.15) is 0 Å². The van der Waals surface area contributed by atoms with Crippen LogP contribution in [0.15, 0.2) is 0 Å². The maximum absolute atomic E-state index is 11.0. The van der Waals surface area contributed by atoms with Crippen molar-refractivity contribution in [2.24, 2.45) is 0 Å². The fourth-order valence-corrected chi connectivity index (χ4v) is 7.73. The lowest BCUT2D eigenvalue weighted by atomic mass is 10.4. The number of phosphoric acid groups is 4. The van der Waals surface area contributed by atoms with E-state index in [2.05, 4.69) is 54.3 Å². The topological polar surface area (TPSA) is 343 Å². The highest BCUT2D eigenvalue weighted by atomic mass is 35.7. The summed E-state index contributed by atoms with van der Waals surface area (Å²) in [7, 11) is -6.94. The van der Waals surface area contributed by atoms with Crippen LogP contribution in [-0.2, 0) is 77.1 Å². The molecule has 3 saturated heterocycles. The first-order valence-electron chi connectivity index (χ1n) is 16.8. The first kappa shape index (κ1) is 59.7. The molecule has 0 bridgehead atoms. The van der Waals surface area contributed by atoms with E-state index >= 15 is 0 Å². The number of hydrogen-bond acceptors (Lipinski definition) is 24. The quantitative estimate of drug-likeness (QED) is 0.0669. The van der Waals surface area contributed by atoms with Gasteiger partial charge in [-0.25, -0.2) is 13.7 Å². The van der Waals surface area contributed by atoms with Crippen LogP contribution >= 0.6 is 49.5 Å². The minimum atomic E-state index is -4.30. The van der Waals surface area contributed by atoms with Crippen molar-refractivity contribution in [2.45, 2.75) is 0 Å². The molecule has 346 valence electrons. The van der Waals surface area contributed by atoms with Gasteiger partial charge < -0.3 is 62.4 Å². The third-order valence-electron chi connectivity index (χ3n) is 6.68. The molecule has 2 unspecified atom stereocenters. The molecule has 0 aromatic heterocycles. The Bertz CT molecular complexity index is 1250. The number of halogens is 1. The molecular weight excluding hydrogens is 903 g/mol. The number of hydrogen-bond donors (Lipinski definition) is 5. The van der Waals surface area contributed by atoms with Crippen molar-refractivity contribution in [1.29, 1.82) is 0 Å². The Kier molecular flexibility index (Phi) is 32.9. The second-order valence-electron chi connectivity index (χ2n) is 11.7. The molecule has 3 aliphatic heterocycles. The predicted molar refractivity (Wildman–Crippen MR) is 195 cm³/mol. The Balaban J connectivity index is 0. The van der Waals surface area contributed by atoms with Crippen molar-refractivity contribution in [3.05, 3.63) is 0 Å². The molecule has 26 nitrogen and oxygen atoms in total. The average Bonchev–Trinajstić information content (AvgIpc) is 3.89. The van der Waals surface area contributed by atoms with Crippen LogP contribution in [0.4, 0.5) is 0 Å². The maximum Gasteiger partial charge on any atom is 0.475 e. The molecule has 2 atom stereocenters. The standard InChI is InChI=1S/2C8H20NO6P.C4H9O5P.C3H7O4P.C2H4ClO3P/c1-9(3-6-10,4-7-11)5-8-15-16(12,13)14-2;1-9(2,3-5-10)4-7-14-16(12,13)15-8-6-11;5-1-2-7-10(6)8-3-4-9-10;1-5-8(4)6-2-3-7-8;3-7(4)5-1-2-6-7/h2*10-11H,3-8H2,1-2H3;5H,1-4H2;2-3H2,1H3;1-2H2. The summed E-state index contributed by atoms with van der Waals surface area (Å²) in [6, 6.07) is 0. The van der Waals surface area contributed by atoms with Crippen molar-refractivity contribution < 1.29 is 121 Å². The highest BCUT2D eigenvalue weighted by Crippen LogP contribution is 2.56. The number of phosphoric ester groups is 4. The summed E-state index contributed by atoms with van der Waals surface area (Å²) in [5, 5.41) is 43.1. The van der Waals surface area contributed by atoms with Crippen molar-refractivity contribution >= 4 is 49.5 Å².